The van der Waals surface area contributed by atoms with Gasteiger partial charge in [-0.2, -0.15) is 17.5 Å². The summed E-state index contributed by atoms with van der Waals surface area (Å²) in [6.45, 7) is -0.566. The smallest absolute Gasteiger partial charge is 0.393 e. The van der Waals surface area contributed by atoms with E-state index in [9.17, 15) is 36.5 Å². The van der Waals surface area contributed by atoms with Gasteiger partial charge in [-0.25, -0.2) is 8.42 Å². The fourth-order valence-corrected chi connectivity index (χ4v) is 4.42. The number of nitro groups is 1. The van der Waals surface area contributed by atoms with E-state index in [1.165, 1.54) is 6.92 Å². The molecule has 1 aromatic rings. The van der Waals surface area contributed by atoms with E-state index < -0.39 is 56.9 Å². The second-order valence-electron chi connectivity index (χ2n) is 5.62. The highest BCUT2D eigenvalue weighted by Gasteiger charge is 2.55. The Morgan fingerprint density at radius 3 is 2.36 bits per heavy atom. The Morgan fingerprint density at radius 2 is 1.96 bits per heavy atom. The highest BCUT2D eigenvalue weighted by Crippen LogP contribution is 2.40. The van der Waals surface area contributed by atoms with Gasteiger partial charge in [0, 0.05) is 25.2 Å². The van der Waals surface area contributed by atoms with Crippen LogP contribution in [-0.4, -0.2) is 48.0 Å². The number of alkyl halides is 3. The van der Waals surface area contributed by atoms with E-state index in [4.69, 9.17) is 5.11 Å². The molecular weight excluding hydrogens is 369 g/mol. The lowest BCUT2D eigenvalue weighted by Crippen LogP contribution is -2.34. The highest BCUT2D eigenvalue weighted by molar-refractivity contribution is 7.89. The Bertz CT molecular complexity index is 824. The van der Waals surface area contributed by atoms with Gasteiger partial charge in [0.2, 0.25) is 10.0 Å². The molecule has 1 aromatic carbocycles. The van der Waals surface area contributed by atoms with E-state index in [1.807, 2.05) is 0 Å². The van der Waals surface area contributed by atoms with Crippen molar-refractivity contribution in [3.63, 3.8) is 0 Å². The molecule has 8 nitrogen and oxygen atoms in total. The van der Waals surface area contributed by atoms with Gasteiger partial charge in [0.05, 0.1) is 21.7 Å². The van der Waals surface area contributed by atoms with E-state index in [0.717, 1.165) is 18.2 Å². The first kappa shape index (κ1) is 19.1. The number of carboxylic acids is 1. The van der Waals surface area contributed by atoms with Crippen molar-refractivity contribution in [2.24, 2.45) is 11.8 Å². The summed E-state index contributed by atoms with van der Waals surface area (Å²) >= 11 is 0. The number of halogens is 3. The van der Waals surface area contributed by atoms with Crippen molar-refractivity contribution < 1.29 is 36.4 Å². The first-order valence-electron chi connectivity index (χ1n) is 6.90. The van der Waals surface area contributed by atoms with Gasteiger partial charge in [0.25, 0.3) is 5.69 Å². The standard InChI is InChI=1S/C13H13F3N2O6S/c1-7-4-8(18(21)22)2-3-11(7)25(23,24)17-5-9(12(19)20)10(6-17)13(14,15)16/h2-4,9-10H,5-6H2,1H3,(H,19,20)/t9-,10-/m1/s1. The summed E-state index contributed by atoms with van der Waals surface area (Å²) in [4.78, 5) is 20.6. The average molecular weight is 382 g/mol. The van der Waals surface area contributed by atoms with Crippen LogP contribution in [0.25, 0.3) is 0 Å². The molecule has 0 aromatic heterocycles. The molecule has 1 heterocycles. The van der Waals surface area contributed by atoms with Gasteiger partial charge in [-0.3, -0.25) is 14.9 Å². The largest absolute Gasteiger partial charge is 0.481 e. The fraction of sp³-hybridized carbons (Fsp3) is 0.462. The minimum Gasteiger partial charge on any atom is -0.481 e. The van der Waals surface area contributed by atoms with E-state index in [1.54, 1.807) is 0 Å². The Balaban J connectivity index is 2.41. The topological polar surface area (TPSA) is 118 Å². The number of hydrogen-bond donors (Lipinski definition) is 1. The van der Waals surface area contributed by atoms with Gasteiger partial charge < -0.3 is 5.11 Å². The molecule has 25 heavy (non-hydrogen) atoms. The van der Waals surface area contributed by atoms with Gasteiger partial charge in [-0.1, -0.05) is 0 Å². The number of nitro benzene ring substituents is 1. The van der Waals surface area contributed by atoms with Crippen LogP contribution in [0.4, 0.5) is 18.9 Å². The summed E-state index contributed by atoms with van der Waals surface area (Å²) in [5, 5.41) is 19.7. The summed E-state index contributed by atoms with van der Waals surface area (Å²) in [7, 11) is -4.42. The zero-order chi connectivity index (χ0) is 19.2. The van der Waals surface area contributed by atoms with Crippen LogP contribution in [0.15, 0.2) is 23.1 Å². The number of nitrogens with zero attached hydrogens (tertiary/aromatic N) is 2. The first-order valence-corrected chi connectivity index (χ1v) is 8.34. The number of non-ortho nitro benzene ring substituents is 1. The minimum absolute atomic E-state index is 0.0171. The van der Waals surface area contributed by atoms with Crippen molar-refractivity contribution in [2.75, 3.05) is 13.1 Å². The molecule has 1 aliphatic heterocycles. The fourth-order valence-electron chi connectivity index (χ4n) is 2.72. The highest BCUT2D eigenvalue weighted by atomic mass is 32.2. The Morgan fingerprint density at radius 1 is 1.36 bits per heavy atom. The molecule has 1 N–H and O–H groups in total. The first-order chi connectivity index (χ1) is 11.4. The van der Waals surface area contributed by atoms with E-state index in [-0.39, 0.29) is 11.3 Å². The van der Waals surface area contributed by atoms with E-state index in [2.05, 4.69) is 0 Å². The molecule has 0 radical (unpaired) electrons. The number of aliphatic carboxylic acids is 1. The maximum absolute atomic E-state index is 13.0. The number of hydrogen-bond acceptors (Lipinski definition) is 5. The Hall–Kier alpha value is -2.21. The molecule has 1 saturated heterocycles. The van der Waals surface area contributed by atoms with Crippen molar-refractivity contribution in [3.05, 3.63) is 33.9 Å². The molecular formula is C13H13F3N2O6S. The monoisotopic (exact) mass is 382 g/mol. The second kappa shape index (κ2) is 6.26. The molecule has 1 fully saturated rings. The number of carbonyl (C=O) groups is 1. The summed E-state index contributed by atoms with van der Waals surface area (Å²) in [6, 6.07) is 2.84. The predicted molar refractivity (Wildman–Crippen MR) is 77.3 cm³/mol. The van der Waals surface area contributed by atoms with Crippen molar-refractivity contribution in [1.82, 2.24) is 4.31 Å². The summed E-state index contributed by atoms with van der Waals surface area (Å²) in [5.74, 6) is -5.97. The molecule has 2 atom stereocenters. The lowest BCUT2D eigenvalue weighted by molar-refractivity contribution is -0.385. The predicted octanol–water partition coefficient (Wildman–Crippen LogP) is 1.79. The lowest BCUT2D eigenvalue weighted by atomic mass is 9.96. The molecule has 0 aliphatic carbocycles. The Kier molecular flexibility index (Phi) is 4.79. The van der Waals surface area contributed by atoms with Crippen LogP contribution in [0, 0.1) is 28.9 Å². The maximum Gasteiger partial charge on any atom is 0.393 e. The molecule has 12 heteroatoms. The van der Waals surface area contributed by atoms with Crippen molar-refractivity contribution in [3.8, 4) is 0 Å². The lowest BCUT2D eigenvalue weighted by Gasteiger charge is -2.19. The van der Waals surface area contributed by atoms with Crippen LogP contribution in [-0.2, 0) is 14.8 Å². The Labute approximate surface area is 140 Å². The number of benzene rings is 1. The van der Waals surface area contributed by atoms with Gasteiger partial charge in [-0.05, 0) is 18.6 Å². The molecule has 1 aliphatic rings. The second-order valence-corrected chi connectivity index (χ2v) is 7.53. The third-order valence-corrected chi connectivity index (χ3v) is 6.00. The zero-order valence-electron chi connectivity index (χ0n) is 12.7. The van der Waals surface area contributed by atoms with E-state index >= 15 is 0 Å². The molecule has 0 unspecified atom stereocenters. The van der Waals surface area contributed by atoms with Gasteiger partial charge >= 0.3 is 12.1 Å². The minimum atomic E-state index is -4.86. The number of aryl methyl sites for hydroxylation is 1. The van der Waals surface area contributed by atoms with Crippen LogP contribution in [0.5, 0.6) is 0 Å². The molecule has 138 valence electrons. The van der Waals surface area contributed by atoms with Crippen molar-refractivity contribution in [2.45, 2.75) is 18.0 Å². The zero-order valence-corrected chi connectivity index (χ0v) is 13.5. The van der Waals surface area contributed by atoms with E-state index in [0.29, 0.717) is 4.31 Å². The number of sulfonamides is 1. The number of carboxylic acid groups (broad SMARTS) is 1. The van der Waals surface area contributed by atoms with Crippen LogP contribution in [0.1, 0.15) is 5.56 Å². The summed E-state index contributed by atoms with van der Waals surface area (Å²) in [5.41, 5.74) is -0.383. The average Bonchev–Trinajstić information content (AvgIpc) is 2.92. The van der Waals surface area contributed by atoms with Crippen LogP contribution in [0.3, 0.4) is 0 Å². The van der Waals surface area contributed by atoms with Gasteiger partial charge in [0.15, 0.2) is 0 Å². The summed E-state index contributed by atoms with van der Waals surface area (Å²) < 4.78 is 64.6. The quantitative estimate of drug-likeness (QED) is 0.627. The molecule has 0 saturated carbocycles. The van der Waals surface area contributed by atoms with Crippen LogP contribution >= 0.6 is 0 Å². The van der Waals surface area contributed by atoms with Crippen molar-refractivity contribution >= 4 is 21.7 Å². The molecule has 2 rings (SSSR count). The molecule has 0 bridgehead atoms. The summed E-state index contributed by atoms with van der Waals surface area (Å²) in [6.07, 6.45) is -4.86. The third-order valence-electron chi connectivity index (χ3n) is 4.01. The SMILES string of the molecule is Cc1cc([N+](=O)[O-])ccc1S(=O)(=O)N1C[C@@H](C(F)(F)F)[C@H](C(=O)O)C1. The normalized spacial score (nSPS) is 22.1. The van der Waals surface area contributed by atoms with Crippen LogP contribution < -0.4 is 0 Å². The number of rotatable bonds is 4. The maximum atomic E-state index is 13.0. The van der Waals surface area contributed by atoms with Crippen LogP contribution in [0.2, 0.25) is 0 Å². The molecule has 0 spiro atoms. The third kappa shape index (κ3) is 3.58. The van der Waals surface area contributed by atoms with Gasteiger partial charge in [-0.15, -0.1) is 0 Å². The van der Waals surface area contributed by atoms with Gasteiger partial charge in [0.1, 0.15) is 0 Å². The molecule has 0 amide bonds. The van der Waals surface area contributed by atoms with Crippen molar-refractivity contribution in [1.29, 1.82) is 0 Å².